The van der Waals surface area contributed by atoms with Gasteiger partial charge in [0.25, 0.3) is 0 Å². The average molecular weight is 265 g/mol. The molecule has 0 saturated carbocycles. The highest BCUT2D eigenvalue weighted by molar-refractivity contribution is 5.80. The lowest BCUT2D eigenvalue weighted by Crippen LogP contribution is -2.10. The maximum absolute atomic E-state index is 5.86. The first-order chi connectivity index (χ1) is 9.70. The van der Waals surface area contributed by atoms with Crippen molar-refractivity contribution < 1.29 is 0 Å². The van der Waals surface area contributed by atoms with Crippen LogP contribution in [0.2, 0.25) is 0 Å². The van der Waals surface area contributed by atoms with Crippen LogP contribution in [0.25, 0.3) is 11.0 Å². The van der Waals surface area contributed by atoms with Crippen LogP contribution in [0.15, 0.2) is 48.5 Å². The highest BCUT2D eigenvalue weighted by Crippen LogP contribution is 2.27. The zero-order chi connectivity index (χ0) is 14.1. The van der Waals surface area contributed by atoms with E-state index in [9.17, 15) is 0 Å². The van der Waals surface area contributed by atoms with Gasteiger partial charge in [-0.2, -0.15) is 0 Å². The molecule has 1 atom stereocenters. The standard InChI is InChI=1S/C17H19N3/c1-3-17-19-15-11-14(18)9-10-16(15)20(17)12(2)13-7-5-4-6-8-13/h4-12H,3,18H2,1-2H3. The molecule has 0 aliphatic heterocycles. The number of hydrogen-bond acceptors (Lipinski definition) is 2. The normalized spacial score (nSPS) is 12.7. The number of imidazole rings is 1. The van der Waals surface area contributed by atoms with Gasteiger partial charge in [-0.3, -0.25) is 0 Å². The van der Waals surface area contributed by atoms with Gasteiger partial charge >= 0.3 is 0 Å². The van der Waals surface area contributed by atoms with Crippen molar-refractivity contribution in [1.82, 2.24) is 9.55 Å². The van der Waals surface area contributed by atoms with Gasteiger partial charge < -0.3 is 10.3 Å². The highest BCUT2D eigenvalue weighted by Gasteiger charge is 2.16. The lowest BCUT2D eigenvalue weighted by molar-refractivity contribution is 0.623. The first-order valence-electron chi connectivity index (χ1n) is 7.02. The van der Waals surface area contributed by atoms with Crippen molar-refractivity contribution in [2.24, 2.45) is 0 Å². The third kappa shape index (κ3) is 2.05. The number of aryl methyl sites for hydroxylation is 1. The Kier molecular flexibility index (Phi) is 3.18. The summed E-state index contributed by atoms with van der Waals surface area (Å²) in [6, 6.07) is 16.7. The summed E-state index contributed by atoms with van der Waals surface area (Å²) in [5, 5.41) is 0. The zero-order valence-corrected chi connectivity index (χ0v) is 11.9. The quantitative estimate of drug-likeness (QED) is 0.732. The van der Waals surface area contributed by atoms with Crippen LogP contribution in [0, 0.1) is 0 Å². The van der Waals surface area contributed by atoms with Gasteiger partial charge in [0.05, 0.1) is 17.1 Å². The van der Waals surface area contributed by atoms with Gasteiger partial charge in [-0.05, 0) is 30.7 Å². The molecule has 3 heteroatoms. The van der Waals surface area contributed by atoms with E-state index < -0.39 is 0 Å². The van der Waals surface area contributed by atoms with Crippen LogP contribution in [0.3, 0.4) is 0 Å². The summed E-state index contributed by atoms with van der Waals surface area (Å²) in [6.07, 6.45) is 0.908. The number of rotatable bonds is 3. The Bertz CT molecular complexity index is 729. The number of aromatic nitrogens is 2. The Morgan fingerprint density at radius 1 is 1.15 bits per heavy atom. The fourth-order valence-corrected chi connectivity index (χ4v) is 2.73. The van der Waals surface area contributed by atoms with Gasteiger partial charge in [-0.1, -0.05) is 37.3 Å². The van der Waals surface area contributed by atoms with Crippen molar-refractivity contribution in [2.75, 3.05) is 5.73 Å². The fraction of sp³-hybridized carbons (Fsp3) is 0.235. The average Bonchev–Trinajstić information content (AvgIpc) is 2.84. The molecule has 0 aliphatic carbocycles. The predicted molar refractivity (Wildman–Crippen MR) is 83.8 cm³/mol. The van der Waals surface area contributed by atoms with Gasteiger partial charge in [0.15, 0.2) is 0 Å². The van der Waals surface area contributed by atoms with Gasteiger partial charge in [0.1, 0.15) is 5.82 Å². The number of fused-ring (bicyclic) bond motifs is 1. The van der Waals surface area contributed by atoms with Crippen LogP contribution in [-0.4, -0.2) is 9.55 Å². The first kappa shape index (κ1) is 12.7. The molecule has 3 nitrogen and oxygen atoms in total. The molecule has 0 aliphatic rings. The van der Waals surface area contributed by atoms with E-state index in [2.05, 4.69) is 48.7 Å². The van der Waals surface area contributed by atoms with E-state index in [0.29, 0.717) is 0 Å². The van der Waals surface area contributed by atoms with Crippen molar-refractivity contribution >= 4 is 16.7 Å². The van der Waals surface area contributed by atoms with Crippen molar-refractivity contribution in [3.05, 3.63) is 59.9 Å². The van der Waals surface area contributed by atoms with Gasteiger partial charge in [0, 0.05) is 12.1 Å². The van der Waals surface area contributed by atoms with Crippen LogP contribution in [0.5, 0.6) is 0 Å². The Labute approximate surface area is 119 Å². The number of benzene rings is 2. The van der Waals surface area contributed by atoms with Crippen molar-refractivity contribution in [2.45, 2.75) is 26.3 Å². The molecule has 0 saturated heterocycles. The number of nitrogens with zero attached hydrogens (tertiary/aromatic N) is 2. The summed E-state index contributed by atoms with van der Waals surface area (Å²) in [7, 11) is 0. The molecule has 102 valence electrons. The smallest absolute Gasteiger partial charge is 0.110 e. The second-order valence-corrected chi connectivity index (χ2v) is 5.09. The van der Waals surface area contributed by atoms with Crippen molar-refractivity contribution in [3.8, 4) is 0 Å². The number of anilines is 1. The number of nitrogens with two attached hydrogens (primary N) is 1. The summed E-state index contributed by atoms with van der Waals surface area (Å²) < 4.78 is 2.31. The molecule has 2 aromatic carbocycles. The van der Waals surface area contributed by atoms with Crippen LogP contribution in [0.4, 0.5) is 5.69 Å². The summed E-state index contributed by atoms with van der Waals surface area (Å²) in [5.41, 5.74) is 10.0. The summed E-state index contributed by atoms with van der Waals surface area (Å²) in [4.78, 5) is 4.72. The fourth-order valence-electron chi connectivity index (χ4n) is 2.73. The Morgan fingerprint density at radius 3 is 2.60 bits per heavy atom. The van der Waals surface area contributed by atoms with E-state index in [4.69, 9.17) is 10.7 Å². The Hall–Kier alpha value is -2.29. The van der Waals surface area contributed by atoms with E-state index in [1.807, 2.05) is 18.2 Å². The minimum absolute atomic E-state index is 0.264. The topological polar surface area (TPSA) is 43.8 Å². The minimum Gasteiger partial charge on any atom is -0.399 e. The molecule has 1 heterocycles. The zero-order valence-electron chi connectivity index (χ0n) is 11.9. The van der Waals surface area contributed by atoms with Gasteiger partial charge in [-0.15, -0.1) is 0 Å². The molecule has 3 aromatic rings. The SMILES string of the molecule is CCc1nc2cc(N)ccc2n1C(C)c1ccccc1. The van der Waals surface area contributed by atoms with E-state index in [1.54, 1.807) is 0 Å². The summed E-state index contributed by atoms with van der Waals surface area (Å²) in [5.74, 6) is 1.10. The van der Waals surface area contributed by atoms with Crippen LogP contribution in [-0.2, 0) is 6.42 Å². The molecule has 0 spiro atoms. The lowest BCUT2D eigenvalue weighted by Gasteiger charge is -2.17. The minimum atomic E-state index is 0.264. The third-order valence-electron chi connectivity index (χ3n) is 3.77. The predicted octanol–water partition coefficient (Wildman–Crippen LogP) is 3.79. The van der Waals surface area contributed by atoms with Gasteiger partial charge in [-0.25, -0.2) is 4.98 Å². The highest BCUT2D eigenvalue weighted by atomic mass is 15.1. The Morgan fingerprint density at radius 2 is 1.90 bits per heavy atom. The monoisotopic (exact) mass is 265 g/mol. The molecule has 20 heavy (non-hydrogen) atoms. The molecule has 0 bridgehead atoms. The molecular weight excluding hydrogens is 246 g/mol. The maximum atomic E-state index is 5.86. The van der Waals surface area contributed by atoms with E-state index in [-0.39, 0.29) is 6.04 Å². The van der Waals surface area contributed by atoms with Crippen LogP contribution in [0.1, 0.15) is 31.3 Å². The van der Waals surface area contributed by atoms with Crippen LogP contribution < -0.4 is 5.73 Å². The molecule has 1 unspecified atom stereocenters. The van der Waals surface area contributed by atoms with Gasteiger partial charge in [0.2, 0.25) is 0 Å². The molecule has 0 fully saturated rings. The van der Waals surface area contributed by atoms with Crippen molar-refractivity contribution in [3.63, 3.8) is 0 Å². The molecule has 0 amide bonds. The lowest BCUT2D eigenvalue weighted by atomic mass is 10.1. The second-order valence-electron chi connectivity index (χ2n) is 5.09. The third-order valence-corrected chi connectivity index (χ3v) is 3.77. The molecule has 3 rings (SSSR count). The second kappa shape index (κ2) is 5.00. The van der Waals surface area contributed by atoms with E-state index in [0.717, 1.165) is 29.0 Å². The first-order valence-corrected chi connectivity index (χ1v) is 7.02. The van der Waals surface area contributed by atoms with Crippen molar-refractivity contribution in [1.29, 1.82) is 0 Å². The molecular formula is C17H19N3. The Balaban J connectivity index is 2.19. The van der Waals surface area contributed by atoms with Crippen LogP contribution >= 0.6 is 0 Å². The molecule has 0 radical (unpaired) electrons. The largest absolute Gasteiger partial charge is 0.399 e. The number of nitrogen functional groups attached to an aromatic ring is 1. The van der Waals surface area contributed by atoms with E-state index in [1.165, 1.54) is 5.56 Å². The maximum Gasteiger partial charge on any atom is 0.110 e. The molecule has 2 N–H and O–H groups in total. The summed E-state index contributed by atoms with van der Waals surface area (Å²) in [6.45, 7) is 4.35. The molecule has 1 aromatic heterocycles. The summed E-state index contributed by atoms with van der Waals surface area (Å²) >= 11 is 0. The van der Waals surface area contributed by atoms with E-state index >= 15 is 0 Å². The number of hydrogen-bond donors (Lipinski definition) is 1.